The number of benzene rings is 2. The summed E-state index contributed by atoms with van der Waals surface area (Å²) < 4.78 is 55.2. The average molecular weight is 467 g/mol. The highest BCUT2D eigenvalue weighted by Gasteiger charge is 2.56. The van der Waals surface area contributed by atoms with Crippen LogP contribution in [-0.2, 0) is 17.4 Å². The van der Waals surface area contributed by atoms with Gasteiger partial charge >= 0.3 is 12.1 Å². The molecule has 1 heterocycles. The van der Waals surface area contributed by atoms with Gasteiger partial charge in [-0.05, 0) is 49.2 Å². The molecule has 4 atom stereocenters. The molecule has 2 aromatic rings. The van der Waals surface area contributed by atoms with Gasteiger partial charge < -0.3 is 5.11 Å². The number of aliphatic carboxylic acids is 1. The Balaban J connectivity index is 2.22. The van der Waals surface area contributed by atoms with E-state index >= 15 is 0 Å². The SMILES string of the molecule is CC1N=C(Cc2ccc(Cl)cc2)C(C#N)C(c2ccc(F)cc2C(F)(F)F)C1(C)C(=O)O. The standard InChI is InChI=1S/C23H19ClF4N2O2/c1-12-22(2,21(31)32)20(16-8-7-15(25)10-18(16)23(26,27)28)17(11-29)19(30-12)9-13-3-5-14(24)6-4-13/h3-8,10,12,17,20H,9H2,1-2H3,(H,31,32). The van der Waals surface area contributed by atoms with Crippen molar-refractivity contribution in [1.29, 1.82) is 5.26 Å². The third-order valence-electron chi connectivity index (χ3n) is 6.12. The Kier molecular flexibility index (Phi) is 6.34. The van der Waals surface area contributed by atoms with Gasteiger partial charge in [0.1, 0.15) is 5.82 Å². The van der Waals surface area contributed by atoms with Crippen molar-refractivity contribution >= 4 is 23.3 Å². The van der Waals surface area contributed by atoms with Gasteiger partial charge in [0.05, 0.1) is 29.0 Å². The molecule has 0 fully saturated rings. The van der Waals surface area contributed by atoms with Gasteiger partial charge in [-0.3, -0.25) is 9.79 Å². The maximum absolute atomic E-state index is 13.8. The molecular formula is C23H19ClF4N2O2. The molecule has 4 unspecified atom stereocenters. The van der Waals surface area contributed by atoms with E-state index in [4.69, 9.17) is 11.6 Å². The molecule has 0 aliphatic carbocycles. The first-order valence-corrected chi connectivity index (χ1v) is 10.1. The number of rotatable bonds is 4. The van der Waals surface area contributed by atoms with E-state index in [0.29, 0.717) is 16.7 Å². The Morgan fingerprint density at radius 3 is 2.41 bits per heavy atom. The number of alkyl halides is 3. The van der Waals surface area contributed by atoms with Crippen molar-refractivity contribution in [3.8, 4) is 6.07 Å². The molecule has 168 valence electrons. The number of nitrogens with zero attached hydrogens (tertiary/aromatic N) is 2. The van der Waals surface area contributed by atoms with Crippen molar-refractivity contribution in [2.75, 3.05) is 0 Å². The molecule has 1 N–H and O–H groups in total. The molecule has 0 radical (unpaired) electrons. The van der Waals surface area contributed by atoms with Gasteiger partial charge in [0.25, 0.3) is 0 Å². The van der Waals surface area contributed by atoms with E-state index < -0.39 is 52.4 Å². The van der Waals surface area contributed by atoms with Crippen LogP contribution in [0.2, 0.25) is 5.02 Å². The predicted molar refractivity (Wildman–Crippen MR) is 111 cm³/mol. The lowest BCUT2D eigenvalue weighted by Crippen LogP contribution is -2.51. The fraction of sp³-hybridized carbons (Fsp3) is 0.348. The van der Waals surface area contributed by atoms with E-state index in [0.717, 1.165) is 12.1 Å². The van der Waals surface area contributed by atoms with Crippen LogP contribution in [0.15, 0.2) is 47.5 Å². The minimum absolute atomic E-state index is 0.133. The van der Waals surface area contributed by atoms with E-state index in [2.05, 4.69) is 4.99 Å². The quantitative estimate of drug-likeness (QED) is 0.570. The van der Waals surface area contributed by atoms with Crippen LogP contribution in [0, 0.1) is 28.5 Å². The van der Waals surface area contributed by atoms with Crippen molar-refractivity contribution in [3.05, 3.63) is 70.0 Å². The summed E-state index contributed by atoms with van der Waals surface area (Å²) in [6, 6.07) is 9.79. The van der Waals surface area contributed by atoms with Crippen LogP contribution in [0.4, 0.5) is 17.6 Å². The monoisotopic (exact) mass is 466 g/mol. The summed E-state index contributed by atoms with van der Waals surface area (Å²) in [6.07, 6.45) is -4.81. The zero-order chi connectivity index (χ0) is 23.8. The first-order chi connectivity index (χ1) is 14.9. The van der Waals surface area contributed by atoms with Gasteiger partial charge in [0.15, 0.2) is 0 Å². The van der Waals surface area contributed by atoms with Crippen LogP contribution in [0.3, 0.4) is 0 Å². The number of hydrogen-bond donors (Lipinski definition) is 1. The van der Waals surface area contributed by atoms with Gasteiger partial charge in [-0.1, -0.05) is 29.8 Å². The lowest BCUT2D eigenvalue weighted by Gasteiger charge is -2.44. The summed E-state index contributed by atoms with van der Waals surface area (Å²) >= 11 is 5.90. The fourth-order valence-electron chi connectivity index (χ4n) is 4.24. The summed E-state index contributed by atoms with van der Waals surface area (Å²) in [7, 11) is 0. The summed E-state index contributed by atoms with van der Waals surface area (Å²) in [5.74, 6) is -5.17. The van der Waals surface area contributed by atoms with Crippen molar-refractivity contribution in [2.24, 2.45) is 16.3 Å². The summed E-state index contributed by atoms with van der Waals surface area (Å²) in [5, 5.41) is 20.5. The third-order valence-corrected chi connectivity index (χ3v) is 6.37. The second kappa shape index (κ2) is 8.55. The third kappa shape index (κ3) is 4.22. The number of carbonyl (C=O) groups is 1. The lowest BCUT2D eigenvalue weighted by atomic mass is 9.60. The molecule has 3 rings (SSSR count). The highest BCUT2D eigenvalue weighted by Crippen LogP contribution is 2.51. The second-order valence-corrected chi connectivity index (χ2v) is 8.44. The molecular weight excluding hydrogens is 448 g/mol. The Bertz CT molecular complexity index is 1110. The Morgan fingerprint density at radius 1 is 1.25 bits per heavy atom. The number of carboxylic acids is 1. The Morgan fingerprint density at radius 2 is 1.88 bits per heavy atom. The van der Waals surface area contributed by atoms with Crippen LogP contribution in [0.25, 0.3) is 0 Å². The Labute approximate surface area is 187 Å². The van der Waals surface area contributed by atoms with E-state index in [-0.39, 0.29) is 12.1 Å². The largest absolute Gasteiger partial charge is 0.481 e. The van der Waals surface area contributed by atoms with Crippen molar-refractivity contribution in [2.45, 2.75) is 38.4 Å². The molecule has 4 nitrogen and oxygen atoms in total. The van der Waals surface area contributed by atoms with Crippen LogP contribution in [-0.4, -0.2) is 22.8 Å². The van der Waals surface area contributed by atoms with Gasteiger partial charge in [0.2, 0.25) is 0 Å². The lowest BCUT2D eigenvalue weighted by molar-refractivity contribution is -0.152. The molecule has 0 bridgehead atoms. The summed E-state index contributed by atoms with van der Waals surface area (Å²) in [6.45, 7) is 2.77. The minimum Gasteiger partial charge on any atom is -0.481 e. The average Bonchev–Trinajstić information content (AvgIpc) is 2.71. The summed E-state index contributed by atoms with van der Waals surface area (Å²) in [4.78, 5) is 16.8. The van der Waals surface area contributed by atoms with Gasteiger partial charge in [-0.2, -0.15) is 18.4 Å². The molecule has 0 saturated heterocycles. The number of aliphatic imine (C=N–C) groups is 1. The van der Waals surface area contributed by atoms with Gasteiger partial charge in [-0.25, -0.2) is 4.39 Å². The zero-order valence-corrected chi connectivity index (χ0v) is 17.9. The maximum Gasteiger partial charge on any atom is 0.416 e. The minimum atomic E-state index is -4.94. The smallest absolute Gasteiger partial charge is 0.416 e. The van der Waals surface area contributed by atoms with E-state index in [1.54, 1.807) is 24.3 Å². The fourth-order valence-corrected chi connectivity index (χ4v) is 4.36. The van der Waals surface area contributed by atoms with Crippen molar-refractivity contribution < 1.29 is 27.5 Å². The van der Waals surface area contributed by atoms with Crippen LogP contribution >= 0.6 is 11.6 Å². The van der Waals surface area contributed by atoms with Gasteiger partial charge in [-0.15, -0.1) is 0 Å². The van der Waals surface area contributed by atoms with Crippen LogP contribution in [0.1, 0.15) is 36.5 Å². The highest BCUT2D eigenvalue weighted by atomic mass is 35.5. The molecule has 0 aromatic heterocycles. The summed E-state index contributed by atoms with van der Waals surface area (Å²) in [5.41, 5.74) is -2.58. The highest BCUT2D eigenvalue weighted by molar-refractivity contribution is 6.30. The predicted octanol–water partition coefficient (Wildman–Crippen LogP) is 5.90. The molecule has 32 heavy (non-hydrogen) atoms. The molecule has 0 spiro atoms. The molecule has 1 aliphatic rings. The maximum atomic E-state index is 13.8. The number of hydrogen-bond acceptors (Lipinski definition) is 3. The molecule has 2 aromatic carbocycles. The number of halogens is 5. The molecule has 1 aliphatic heterocycles. The van der Waals surface area contributed by atoms with E-state index in [1.807, 2.05) is 6.07 Å². The van der Waals surface area contributed by atoms with Crippen LogP contribution in [0.5, 0.6) is 0 Å². The number of nitriles is 1. The van der Waals surface area contributed by atoms with Crippen molar-refractivity contribution in [1.82, 2.24) is 0 Å². The normalized spacial score (nSPS) is 25.7. The topological polar surface area (TPSA) is 73.5 Å². The number of carboxylic acid groups (broad SMARTS) is 1. The van der Waals surface area contributed by atoms with E-state index in [9.17, 15) is 32.7 Å². The molecule has 0 amide bonds. The van der Waals surface area contributed by atoms with Gasteiger partial charge in [0, 0.05) is 23.1 Å². The van der Waals surface area contributed by atoms with Crippen molar-refractivity contribution in [3.63, 3.8) is 0 Å². The first-order valence-electron chi connectivity index (χ1n) is 9.70. The van der Waals surface area contributed by atoms with E-state index in [1.165, 1.54) is 13.8 Å². The molecule has 9 heteroatoms. The second-order valence-electron chi connectivity index (χ2n) is 8.00. The Hall–Kier alpha value is -2.92. The zero-order valence-electron chi connectivity index (χ0n) is 17.1. The first kappa shape index (κ1) is 23.7. The molecule has 0 saturated carbocycles. The van der Waals surface area contributed by atoms with Crippen LogP contribution < -0.4 is 0 Å².